The van der Waals surface area contributed by atoms with Crippen molar-refractivity contribution in [3.05, 3.63) is 28.8 Å². The largest absolute Gasteiger partial charge is 0.478 e. The van der Waals surface area contributed by atoms with E-state index in [4.69, 9.17) is 17.3 Å². The van der Waals surface area contributed by atoms with Gasteiger partial charge in [0.1, 0.15) is 0 Å². The van der Waals surface area contributed by atoms with Gasteiger partial charge in [0, 0.05) is 10.5 Å². The van der Waals surface area contributed by atoms with E-state index < -0.39 is 5.97 Å². The Labute approximate surface area is 123 Å². The van der Waals surface area contributed by atoms with Crippen LogP contribution >= 0.6 is 36.6 Å². The minimum Gasteiger partial charge on any atom is -0.478 e. The maximum absolute atomic E-state index is 11.0. The predicted octanol–water partition coefficient (Wildman–Crippen LogP) is 4.19. The van der Waals surface area contributed by atoms with Crippen LogP contribution in [0.15, 0.2) is 17.0 Å². The van der Waals surface area contributed by atoms with Crippen LogP contribution in [-0.4, -0.2) is 21.0 Å². The molecular formula is C13H16O2S3. The third kappa shape index (κ3) is 3.73. The van der Waals surface area contributed by atoms with Crippen molar-refractivity contribution in [1.82, 2.24) is 0 Å². The predicted molar refractivity (Wildman–Crippen MR) is 84.5 cm³/mol. The number of rotatable bonds is 5. The van der Waals surface area contributed by atoms with Crippen molar-refractivity contribution < 1.29 is 9.90 Å². The summed E-state index contributed by atoms with van der Waals surface area (Å²) < 4.78 is 0.786. The molecule has 0 fully saturated rings. The van der Waals surface area contributed by atoms with Crippen molar-refractivity contribution in [3.8, 4) is 0 Å². The van der Waals surface area contributed by atoms with Gasteiger partial charge in [-0.25, -0.2) is 4.79 Å². The number of thiol groups is 1. The summed E-state index contributed by atoms with van der Waals surface area (Å²) in [6, 6.07) is 3.35. The first-order valence-electron chi connectivity index (χ1n) is 5.72. The number of aromatic carboxylic acids is 1. The summed E-state index contributed by atoms with van der Waals surface area (Å²) >= 11 is 11.4. The number of hydrogen-bond donors (Lipinski definition) is 2. The van der Waals surface area contributed by atoms with E-state index in [-0.39, 0.29) is 5.56 Å². The maximum Gasteiger partial charge on any atom is 0.335 e. The molecule has 0 aliphatic heterocycles. The Kier molecular flexibility index (Phi) is 6.18. The molecule has 1 aromatic carbocycles. The second kappa shape index (κ2) is 7.16. The van der Waals surface area contributed by atoms with E-state index in [1.807, 2.05) is 0 Å². The van der Waals surface area contributed by atoms with Crippen LogP contribution in [0.25, 0.3) is 0 Å². The van der Waals surface area contributed by atoms with Crippen molar-refractivity contribution in [3.63, 3.8) is 0 Å². The third-order valence-electron chi connectivity index (χ3n) is 2.61. The lowest BCUT2D eigenvalue weighted by Crippen LogP contribution is -2.04. The number of hydrogen-bond acceptors (Lipinski definition) is 4. The molecular weight excluding hydrogens is 284 g/mol. The van der Waals surface area contributed by atoms with Gasteiger partial charge >= 0.3 is 5.97 Å². The average molecular weight is 300 g/mol. The van der Waals surface area contributed by atoms with E-state index in [1.165, 1.54) is 0 Å². The Morgan fingerprint density at radius 3 is 2.61 bits per heavy atom. The highest BCUT2D eigenvalue weighted by Crippen LogP contribution is 2.27. The normalized spacial score (nSPS) is 10.4. The van der Waals surface area contributed by atoms with Gasteiger partial charge in [-0.2, -0.15) is 0 Å². The minimum absolute atomic E-state index is 0.283. The average Bonchev–Trinajstić information content (AvgIpc) is 2.32. The number of carboxylic acid groups (broad SMARTS) is 1. The second-order valence-corrected chi connectivity index (χ2v) is 6.15. The molecule has 0 saturated heterocycles. The molecule has 0 heterocycles. The molecule has 0 amide bonds. The van der Waals surface area contributed by atoms with E-state index in [9.17, 15) is 4.79 Å². The lowest BCUT2D eigenvalue weighted by molar-refractivity contribution is 0.0696. The van der Waals surface area contributed by atoms with Crippen molar-refractivity contribution in [2.45, 2.75) is 31.6 Å². The molecule has 0 bridgehead atoms. The lowest BCUT2D eigenvalue weighted by Gasteiger charge is -2.11. The molecule has 0 radical (unpaired) electrons. The second-order valence-electron chi connectivity index (χ2n) is 3.93. The molecule has 0 saturated carbocycles. The first kappa shape index (κ1) is 15.5. The number of benzene rings is 1. The maximum atomic E-state index is 11.0. The van der Waals surface area contributed by atoms with Gasteiger partial charge in [-0.15, -0.1) is 24.4 Å². The summed E-state index contributed by atoms with van der Waals surface area (Å²) in [6.45, 7) is 3.90. The molecule has 0 aliphatic rings. The Morgan fingerprint density at radius 1 is 1.44 bits per heavy atom. The molecule has 98 valence electrons. The van der Waals surface area contributed by atoms with Crippen LogP contribution in [0, 0.1) is 6.92 Å². The van der Waals surface area contributed by atoms with Gasteiger partial charge in [0.15, 0.2) is 0 Å². The Hall–Kier alpha value is -0.520. The molecule has 5 heteroatoms. The fraction of sp³-hybridized carbons (Fsp3) is 0.385. The van der Waals surface area contributed by atoms with Crippen LogP contribution in [0.3, 0.4) is 0 Å². The van der Waals surface area contributed by atoms with Crippen LogP contribution in [0.2, 0.25) is 0 Å². The first-order valence-corrected chi connectivity index (χ1v) is 7.56. The molecule has 0 unspecified atom stereocenters. The van der Waals surface area contributed by atoms with E-state index in [2.05, 4.69) is 19.6 Å². The van der Waals surface area contributed by atoms with Crippen LogP contribution in [0.5, 0.6) is 0 Å². The third-order valence-corrected chi connectivity index (χ3v) is 4.74. The highest BCUT2D eigenvalue weighted by atomic mass is 32.2. The molecule has 1 aromatic rings. The van der Waals surface area contributed by atoms with Gasteiger partial charge in [0.05, 0.1) is 9.76 Å². The van der Waals surface area contributed by atoms with E-state index in [0.29, 0.717) is 10.5 Å². The summed E-state index contributed by atoms with van der Waals surface area (Å²) in [4.78, 5) is 11.7. The SMILES string of the molecule is CCCCSC(=S)c1ccc(C(=O)O)c(C)c1S. The van der Waals surface area contributed by atoms with E-state index in [1.54, 1.807) is 30.8 Å². The minimum atomic E-state index is -0.932. The summed E-state index contributed by atoms with van der Waals surface area (Å²) in [5, 5.41) is 9.02. The molecule has 18 heavy (non-hydrogen) atoms. The van der Waals surface area contributed by atoms with Crippen LogP contribution < -0.4 is 0 Å². The molecule has 1 rings (SSSR count). The number of thiocarbonyl (C=S) groups is 1. The van der Waals surface area contributed by atoms with Crippen LogP contribution in [0.1, 0.15) is 41.3 Å². The fourth-order valence-electron chi connectivity index (χ4n) is 1.48. The van der Waals surface area contributed by atoms with Crippen molar-refractivity contribution in [1.29, 1.82) is 0 Å². The van der Waals surface area contributed by atoms with Gasteiger partial charge in [-0.3, -0.25) is 0 Å². The van der Waals surface area contributed by atoms with Gasteiger partial charge in [-0.05, 0) is 30.7 Å². The molecule has 0 spiro atoms. The molecule has 1 N–H and O–H groups in total. The van der Waals surface area contributed by atoms with Gasteiger partial charge in [-0.1, -0.05) is 31.6 Å². The van der Waals surface area contributed by atoms with Crippen molar-refractivity contribution in [2.24, 2.45) is 0 Å². The molecule has 2 nitrogen and oxygen atoms in total. The van der Waals surface area contributed by atoms with Crippen molar-refractivity contribution in [2.75, 3.05) is 5.75 Å². The number of unbranched alkanes of at least 4 members (excludes halogenated alkanes) is 1. The fourth-order valence-corrected chi connectivity index (χ4v) is 3.31. The summed E-state index contributed by atoms with van der Waals surface area (Å²) in [5.74, 6) is 0.0568. The Morgan fingerprint density at radius 2 is 2.06 bits per heavy atom. The number of carbonyl (C=O) groups is 1. The topological polar surface area (TPSA) is 37.3 Å². The lowest BCUT2D eigenvalue weighted by atomic mass is 10.1. The van der Waals surface area contributed by atoms with Crippen LogP contribution in [-0.2, 0) is 0 Å². The summed E-state index contributed by atoms with van der Waals surface area (Å²) in [5.41, 5.74) is 1.81. The van der Waals surface area contributed by atoms with E-state index >= 15 is 0 Å². The summed E-state index contributed by atoms with van der Waals surface area (Å²) in [7, 11) is 0. The smallest absolute Gasteiger partial charge is 0.335 e. The van der Waals surface area contributed by atoms with E-state index in [0.717, 1.165) is 28.4 Å². The quantitative estimate of drug-likeness (QED) is 0.486. The summed E-state index contributed by atoms with van der Waals surface area (Å²) in [6.07, 6.45) is 2.26. The van der Waals surface area contributed by atoms with Gasteiger partial charge in [0.25, 0.3) is 0 Å². The number of thioether (sulfide) groups is 1. The highest BCUT2D eigenvalue weighted by molar-refractivity contribution is 8.23. The zero-order valence-corrected chi connectivity index (χ0v) is 12.9. The highest BCUT2D eigenvalue weighted by Gasteiger charge is 2.14. The van der Waals surface area contributed by atoms with Gasteiger partial charge < -0.3 is 5.11 Å². The Balaban J connectivity index is 2.94. The van der Waals surface area contributed by atoms with Crippen LogP contribution in [0.4, 0.5) is 0 Å². The zero-order valence-electron chi connectivity index (χ0n) is 10.4. The molecule has 0 atom stereocenters. The monoisotopic (exact) mass is 300 g/mol. The molecule has 0 aliphatic carbocycles. The molecule has 0 aromatic heterocycles. The zero-order chi connectivity index (χ0) is 13.7. The first-order chi connectivity index (χ1) is 8.49. The standard InChI is InChI=1S/C13H16O2S3/c1-3-4-7-18-13(17)10-6-5-9(12(14)15)8(2)11(10)16/h5-6,16H,3-4,7H2,1-2H3,(H,14,15). The van der Waals surface area contributed by atoms with Crippen molar-refractivity contribution >= 4 is 46.8 Å². The van der Waals surface area contributed by atoms with Gasteiger partial charge in [0.2, 0.25) is 0 Å². The Bertz CT molecular complexity index is 470. The number of carboxylic acids is 1.